The summed E-state index contributed by atoms with van der Waals surface area (Å²) in [4.78, 5) is 38.3. The van der Waals surface area contributed by atoms with E-state index >= 15 is 0 Å². The second-order valence-electron chi connectivity index (χ2n) is 8.82. The van der Waals surface area contributed by atoms with Crippen LogP contribution in [0.2, 0.25) is 0 Å². The highest BCUT2D eigenvalue weighted by Crippen LogP contribution is 2.37. The van der Waals surface area contributed by atoms with Gasteiger partial charge < -0.3 is 15.7 Å². The Balaban J connectivity index is 1.30. The van der Waals surface area contributed by atoms with Gasteiger partial charge in [-0.3, -0.25) is 9.59 Å². The number of aromatic carboxylic acids is 1. The van der Waals surface area contributed by atoms with E-state index < -0.39 is 11.2 Å². The molecule has 1 unspecified atom stereocenters. The Hall–Kier alpha value is -4.88. The second kappa shape index (κ2) is 11.7. The van der Waals surface area contributed by atoms with Crippen molar-refractivity contribution in [1.82, 2.24) is 0 Å². The minimum atomic E-state index is -1.06. The second-order valence-corrected chi connectivity index (χ2v) is 10.0. The number of carbonyl (C=O) groups is 3. The van der Waals surface area contributed by atoms with Crippen LogP contribution < -0.4 is 10.6 Å². The van der Waals surface area contributed by atoms with E-state index in [9.17, 15) is 19.5 Å². The van der Waals surface area contributed by atoms with Crippen LogP contribution in [-0.4, -0.2) is 22.9 Å². The van der Waals surface area contributed by atoms with E-state index in [4.69, 9.17) is 0 Å². The predicted octanol–water partition coefficient (Wildman–Crippen LogP) is 7.26. The molecule has 0 saturated carbocycles. The third kappa shape index (κ3) is 6.34. The third-order valence-electron chi connectivity index (χ3n) is 6.10. The van der Waals surface area contributed by atoms with Crippen LogP contribution in [-0.2, 0) is 4.79 Å². The number of fused-ring (bicyclic) bond motifs is 1. The highest BCUT2D eigenvalue weighted by atomic mass is 32.2. The van der Waals surface area contributed by atoms with Crippen molar-refractivity contribution < 1.29 is 19.5 Å². The Morgan fingerprint density at radius 1 is 0.615 bits per heavy atom. The van der Waals surface area contributed by atoms with Gasteiger partial charge in [-0.25, -0.2) is 4.79 Å². The Kier molecular flexibility index (Phi) is 7.70. The highest BCUT2D eigenvalue weighted by Gasteiger charge is 2.22. The number of nitrogens with one attached hydrogen (secondary N) is 2. The van der Waals surface area contributed by atoms with E-state index in [-0.39, 0.29) is 17.4 Å². The minimum absolute atomic E-state index is 0.0954. The molecule has 1 atom stereocenters. The van der Waals surface area contributed by atoms with Crippen molar-refractivity contribution in [3.8, 4) is 0 Å². The van der Waals surface area contributed by atoms with Crippen molar-refractivity contribution in [2.24, 2.45) is 0 Å². The van der Waals surface area contributed by atoms with E-state index in [1.165, 1.54) is 23.9 Å². The third-order valence-corrected chi connectivity index (χ3v) is 7.36. The van der Waals surface area contributed by atoms with Crippen LogP contribution in [0.1, 0.15) is 31.5 Å². The molecule has 192 valence electrons. The van der Waals surface area contributed by atoms with Crippen molar-refractivity contribution in [2.75, 3.05) is 10.6 Å². The number of thioether (sulfide) groups is 1. The number of rotatable bonds is 8. The molecule has 0 aromatic heterocycles. The van der Waals surface area contributed by atoms with Crippen molar-refractivity contribution in [1.29, 1.82) is 0 Å². The smallest absolute Gasteiger partial charge is 0.335 e. The number of amides is 2. The molecule has 5 aromatic carbocycles. The van der Waals surface area contributed by atoms with Crippen LogP contribution in [0.4, 0.5) is 11.4 Å². The number of carboxylic acid groups (broad SMARTS) is 1. The molecule has 39 heavy (non-hydrogen) atoms. The van der Waals surface area contributed by atoms with Crippen molar-refractivity contribution in [3.63, 3.8) is 0 Å². The van der Waals surface area contributed by atoms with Gasteiger partial charge in [0.15, 0.2) is 0 Å². The zero-order valence-electron chi connectivity index (χ0n) is 20.7. The van der Waals surface area contributed by atoms with Gasteiger partial charge in [0.25, 0.3) is 5.91 Å². The van der Waals surface area contributed by atoms with Crippen molar-refractivity contribution >= 4 is 51.7 Å². The molecule has 5 aromatic rings. The van der Waals surface area contributed by atoms with Crippen LogP contribution in [0, 0.1) is 0 Å². The zero-order valence-corrected chi connectivity index (χ0v) is 21.5. The molecule has 0 saturated heterocycles. The maximum absolute atomic E-state index is 13.3. The number of carbonyl (C=O) groups excluding carboxylic acids is 2. The fourth-order valence-corrected chi connectivity index (χ4v) is 5.15. The summed E-state index contributed by atoms with van der Waals surface area (Å²) >= 11 is 1.36. The number of benzene rings is 5. The summed E-state index contributed by atoms with van der Waals surface area (Å²) in [6, 6.07) is 36.3. The van der Waals surface area contributed by atoms with Crippen LogP contribution >= 0.6 is 11.8 Å². The molecule has 0 aliphatic heterocycles. The van der Waals surface area contributed by atoms with Gasteiger partial charge in [0.1, 0.15) is 5.25 Å². The summed E-state index contributed by atoms with van der Waals surface area (Å²) in [5, 5.41) is 16.5. The van der Waals surface area contributed by atoms with Gasteiger partial charge in [-0.2, -0.15) is 0 Å². The molecule has 2 amide bonds. The van der Waals surface area contributed by atoms with Gasteiger partial charge in [0.05, 0.1) is 5.56 Å². The van der Waals surface area contributed by atoms with Crippen LogP contribution in [0.5, 0.6) is 0 Å². The quantitative estimate of drug-likeness (QED) is 0.183. The summed E-state index contributed by atoms with van der Waals surface area (Å²) in [7, 11) is 0. The molecular weight excluding hydrogens is 508 g/mol. The first-order chi connectivity index (χ1) is 19.0. The van der Waals surface area contributed by atoms with Crippen molar-refractivity contribution in [2.45, 2.75) is 10.1 Å². The number of hydrogen-bond acceptors (Lipinski definition) is 4. The summed E-state index contributed by atoms with van der Waals surface area (Å²) < 4.78 is 0. The Bertz CT molecular complexity index is 1650. The molecule has 0 fully saturated rings. The molecule has 5 rings (SSSR count). The first-order valence-electron chi connectivity index (χ1n) is 12.2. The fraction of sp³-hybridized carbons (Fsp3) is 0.0312. The number of anilines is 2. The van der Waals surface area contributed by atoms with Crippen LogP contribution in [0.3, 0.4) is 0 Å². The normalized spacial score (nSPS) is 11.5. The van der Waals surface area contributed by atoms with Crippen LogP contribution in [0.15, 0.2) is 126 Å². The zero-order chi connectivity index (χ0) is 27.2. The molecule has 6 nitrogen and oxygen atoms in total. The lowest BCUT2D eigenvalue weighted by Gasteiger charge is -2.17. The first-order valence-corrected chi connectivity index (χ1v) is 13.1. The van der Waals surface area contributed by atoms with E-state index in [2.05, 4.69) is 10.6 Å². The lowest BCUT2D eigenvalue weighted by atomic mass is 10.1. The van der Waals surface area contributed by atoms with Gasteiger partial charge in [-0.05, 0) is 70.9 Å². The van der Waals surface area contributed by atoms with Gasteiger partial charge in [-0.15, -0.1) is 11.8 Å². The molecule has 0 aliphatic rings. The van der Waals surface area contributed by atoms with Gasteiger partial charge in [0, 0.05) is 21.8 Å². The van der Waals surface area contributed by atoms with E-state index in [1.54, 1.807) is 30.3 Å². The lowest BCUT2D eigenvalue weighted by molar-refractivity contribution is -0.115. The van der Waals surface area contributed by atoms with Gasteiger partial charge in [-0.1, -0.05) is 66.7 Å². The van der Waals surface area contributed by atoms with Crippen LogP contribution in [0.25, 0.3) is 10.8 Å². The molecular formula is C32H24N2O4S. The lowest BCUT2D eigenvalue weighted by Crippen LogP contribution is -2.19. The Labute approximate surface area is 229 Å². The van der Waals surface area contributed by atoms with E-state index in [0.29, 0.717) is 16.9 Å². The minimum Gasteiger partial charge on any atom is -0.478 e. The summed E-state index contributed by atoms with van der Waals surface area (Å²) in [6.45, 7) is 0. The topological polar surface area (TPSA) is 95.5 Å². The maximum Gasteiger partial charge on any atom is 0.335 e. The molecule has 0 heterocycles. The summed E-state index contributed by atoms with van der Waals surface area (Å²) in [5.41, 5.74) is 2.53. The molecule has 0 radical (unpaired) electrons. The fourth-order valence-electron chi connectivity index (χ4n) is 4.13. The monoisotopic (exact) mass is 532 g/mol. The SMILES string of the molecule is O=C(O)c1cccc(NC(=O)C(Sc2ccc(NC(=O)c3ccc4ccccc4c3)cc2)c2ccccc2)c1. The standard InChI is InChI=1S/C32H24N2O4S/c35-30(24-14-13-21-7-4-5-10-23(21)19-24)33-26-15-17-28(18-16-26)39-29(22-8-2-1-3-9-22)31(36)34-27-12-6-11-25(20-27)32(37)38/h1-20,29H,(H,33,35)(H,34,36)(H,37,38). The Morgan fingerprint density at radius 3 is 2.08 bits per heavy atom. The van der Waals surface area contributed by atoms with Gasteiger partial charge >= 0.3 is 5.97 Å². The average Bonchev–Trinajstić information content (AvgIpc) is 2.97. The largest absolute Gasteiger partial charge is 0.478 e. The molecule has 0 spiro atoms. The maximum atomic E-state index is 13.3. The summed E-state index contributed by atoms with van der Waals surface area (Å²) in [5.74, 6) is -1.54. The average molecular weight is 533 g/mol. The number of hydrogen-bond donors (Lipinski definition) is 3. The predicted molar refractivity (Wildman–Crippen MR) is 155 cm³/mol. The van der Waals surface area contributed by atoms with E-state index in [1.807, 2.05) is 78.9 Å². The van der Waals surface area contributed by atoms with Gasteiger partial charge in [0.2, 0.25) is 5.91 Å². The highest BCUT2D eigenvalue weighted by molar-refractivity contribution is 8.00. The molecule has 0 bridgehead atoms. The Morgan fingerprint density at radius 2 is 1.33 bits per heavy atom. The summed E-state index contributed by atoms with van der Waals surface area (Å²) in [6.07, 6.45) is 0. The first kappa shape index (κ1) is 25.8. The molecule has 0 aliphatic carbocycles. The molecule has 3 N–H and O–H groups in total. The molecule has 7 heteroatoms. The van der Waals surface area contributed by atoms with Crippen molar-refractivity contribution in [3.05, 3.63) is 138 Å². The number of carboxylic acids is 1. The van der Waals surface area contributed by atoms with E-state index in [0.717, 1.165) is 21.2 Å².